The van der Waals surface area contributed by atoms with Crippen LogP contribution in [0.4, 0.5) is 11.4 Å². The molecule has 1 amide bonds. The maximum absolute atomic E-state index is 12.7. The van der Waals surface area contributed by atoms with Gasteiger partial charge in [0.05, 0.1) is 35.0 Å². The summed E-state index contributed by atoms with van der Waals surface area (Å²) in [5, 5.41) is 13.1. The van der Waals surface area contributed by atoms with Gasteiger partial charge in [-0.15, -0.1) is 0 Å². The minimum Gasteiger partial charge on any atom is -0.368 e. The molecule has 0 atom stereocenters. The van der Waals surface area contributed by atoms with E-state index < -0.39 is 0 Å². The van der Waals surface area contributed by atoms with Crippen molar-refractivity contribution in [3.63, 3.8) is 0 Å². The van der Waals surface area contributed by atoms with Crippen LogP contribution in [0.1, 0.15) is 38.5 Å². The van der Waals surface area contributed by atoms with Gasteiger partial charge in [-0.05, 0) is 56.1 Å². The number of fused-ring (bicyclic) bond motifs is 2. The molecule has 41 heavy (non-hydrogen) atoms. The van der Waals surface area contributed by atoms with E-state index in [-0.39, 0.29) is 5.91 Å². The third kappa shape index (κ3) is 5.29. The highest BCUT2D eigenvalue weighted by Gasteiger charge is 2.20. The van der Waals surface area contributed by atoms with Crippen LogP contribution in [-0.2, 0) is 4.79 Å². The molecule has 3 N–H and O–H groups in total. The van der Waals surface area contributed by atoms with Gasteiger partial charge in [0.15, 0.2) is 0 Å². The van der Waals surface area contributed by atoms with Crippen molar-refractivity contribution in [3.05, 3.63) is 55.0 Å². The summed E-state index contributed by atoms with van der Waals surface area (Å²) < 4.78 is 0. The number of hydrogen-bond donors (Lipinski definition) is 3. The van der Waals surface area contributed by atoms with Crippen LogP contribution < -0.4 is 10.2 Å². The van der Waals surface area contributed by atoms with Crippen molar-refractivity contribution in [1.82, 2.24) is 30.0 Å². The summed E-state index contributed by atoms with van der Waals surface area (Å²) in [6, 6.07) is 12.7. The molecule has 1 aromatic carbocycles. The largest absolute Gasteiger partial charge is 0.368 e. The number of nitrogens with one attached hydrogen (secondary N) is 3. The molecule has 9 nitrogen and oxygen atoms in total. The number of benzene rings is 1. The van der Waals surface area contributed by atoms with Gasteiger partial charge >= 0.3 is 0 Å². The molecule has 0 radical (unpaired) electrons. The van der Waals surface area contributed by atoms with Crippen molar-refractivity contribution < 1.29 is 4.79 Å². The molecular formula is C32H36N8O. The molecule has 1 aliphatic heterocycles. The maximum atomic E-state index is 12.7. The van der Waals surface area contributed by atoms with E-state index in [1.165, 1.54) is 30.3 Å². The topological polar surface area (TPSA) is 106 Å². The van der Waals surface area contributed by atoms with Crippen LogP contribution in [0.15, 0.2) is 55.0 Å². The van der Waals surface area contributed by atoms with Gasteiger partial charge in [-0.25, -0.2) is 0 Å². The molecule has 1 saturated heterocycles. The highest BCUT2D eigenvalue weighted by molar-refractivity contribution is 6.00. The molecule has 7 rings (SSSR count). The molecule has 0 unspecified atom stereocenters. The smallest absolute Gasteiger partial charge is 0.224 e. The molecule has 9 heteroatoms. The molecule has 0 spiro atoms. The first kappa shape index (κ1) is 25.7. The normalized spacial score (nSPS) is 17.0. The van der Waals surface area contributed by atoms with Crippen molar-refractivity contribution in [1.29, 1.82) is 0 Å². The molecule has 5 heterocycles. The van der Waals surface area contributed by atoms with Crippen molar-refractivity contribution in [2.24, 2.45) is 5.92 Å². The summed E-state index contributed by atoms with van der Waals surface area (Å²) in [6.45, 7) is 4.16. The molecule has 2 fully saturated rings. The summed E-state index contributed by atoms with van der Waals surface area (Å²) in [4.78, 5) is 30.2. The highest BCUT2D eigenvalue weighted by Crippen LogP contribution is 2.35. The van der Waals surface area contributed by atoms with E-state index in [1.807, 2.05) is 18.3 Å². The van der Waals surface area contributed by atoms with E-state index in [9.17, 15) is 4.79 Å². The van der Waals surface area contributed by atoms with Gasteiger partial charge in [-0.1, -0.05) is 25.3 Å². The first-order chi connectivity index (χ1) is 20.1. The zero-order valence-corrected chi connectivity index (χ0v) is 23.5. The summed E-state index contributed by atoms with van der Waals surface area (Å²) >= 11 is 0. The molecule has 210 valence electrons. The molecular weight excluding hydrogens is 512 g/mol. The molecule has 2 aliphatic rings. The Morgan fingerprint density at radius 3 is 2.68 bits per heavy atom. The van der Waals surface area contributed by atoms with Crippen molar-refractivity contribution >= 4 is 39.1 Å². The lowest BCUT2D eigenvalue weighted by Gasteiger charge is -2.34. The van der Waals surface area contributed by atoms with Gasteiger partial charge in [-0.2, -0.15) is 5.10 Å². The van der Waals surface area contributed by atoms with Crippen LogP contribution in [-0.4, -0.2) is 69.2 Å². The number of carbonyl (C=O) groups is 1. The van der Waals surface area contributed by atoms with Crippen molar-refractivity contribution in [3.8, 4) is 22.6 Å². The second kappa shape index (κ2) is 11.0. The Kier molecular flexibility index (Phi) is 6.88. The van der Waals surface area contributed by atoms with E-state index >= 15 is 0 Å². The van der Waals surface area contributed by atoms with Crippen LogP contribution in [0.3, 0.4) is 0 Å². The summed E-state index contributed by atoms with van der Waals surface area (Å²) in [5.74, 6) is 0.553. The highest BCUT2D eigenvalue weighted by atomic mass is 16.1. The summed E-state index contributed by atoms with van der Waals surface area (Å²) in [7, 11) is 2.18. The van der Waals surface area contributed by atoms with Crippen LogP contribution in [0, 0.1) is 5.92 Å². The fraction of sp³-hybridized carbons (Fsp3) is 0.375. The Labute approximate surface area is 239 Å². The standard InChI is InChI=1S/C32H36N8O/c1-39-10-12-40(13-11-39)30-9-5-8-26-24(30)16-28(36-26)32-25-17-27(34-20-29(25)37-38-32)22-15-23(19-33-18-22)35-31(41)14-21-6-3-2-4-7-21/h5,8-9,15-21,36H,2-4,6-7,10-14H2,1H3,(H,35,41)(H,37,38). The number of aromatic nitrogens is 5. The van der Waals surface area contributed by atoms with E-state index in [0.29, 0.717) is 18.0 Å². The Balaban J connectivity index is 1.16. The van der Waals surface area contributed by atoms with Crippen LogP contribution in [0.2, 0.25) is 0 Å². The van der Waals surface area contributed by atoms with Crippen LogP contribution in [0.25, 0.3) is 44.5 Å². The van der Waals surface area contributed by atoms with Crippen molar-refractivity contribution in [2.75, 3.05) is 43.4 Å². The van der Waals surface area contributed by atoms with Crippen LogP contribution >= 0.6 is 0 Å². The molecule has 5 aromatic rings. The number of aromatic amines is 2. The SMILES string of the molecule is CN1CCN(c2cccc3[nH]c(-c4n[nH]c5cnc(-c6cncc(NC(=O)CC7CCCCC7)c6)cc45)cc23)CC1. The Hall–Kier alpha value is -4.24. The number of carbonyl (C=O) groups excluding carboxylic acids is 1. The number of H-pyrrole nitrogens is 2. The number of anilines is 2. The number of hydrogen-bond acceptors (Lipinski definition) is 6. The average Bonchev–Trinajstić information content (AvgIpc) is 3.62. The lowest BCUT2D eigenvalue weighted by Crippen LogP contribution is -2.44. The summed E-state index contributed by atoms with van der Waals surface area (Å²) in [6.07, 6.45) is 11.9. The summed E-state index contributed by atoms with van der Waals surface area (Å²) in [5.41, 5.74) is 7.38. The number of rotatable bonds is 6. The number of likely N-dealkylation sites (N-methyl/N-ethyl adjacent to an activating group) is 1. The second-order valence-electron chi connectivity index (χ2n) is 11.6. The Morgan fingerprint density at radius 2 is 1.83 bits per heavy atom. The minimum atomic E-state index is 0.0612. The average molecular weight is 549 g/mol. The minimum absolute atomic E-state index is 0.0612. The van der Waals surface area contributed by atoms with E-state index in [2.05, 4.69) is 71.6 Å². The molecule has 1 aliphatic carbocycles. The Morgan fingerprint density at radius 1 is 0.976 bits per heavy atom. The van der Waals surface area contributed by atoms with E-state index in [4.69, 9.17) is 0 Å². The van der Waals surface area contributed by atoms with E-state index in [0.717, 1.165) is 78.1 Å². The predicted molar refractivity (Wildman–Crippen MR) is 164 cm³/mol. The molecule has 1 saturated carbocycles. The molecule has 0 bridgehead atoms. The van der Waals surface area contributed by atoms with Gasteiger partial charge in [0.2, 0.25) is 5.91 Å². The number of pyridine rings is 2. The van der Waals surface area contributed by atoms with E-state index in [1.54, 1.807) is 12.4 Å². The van der Waals surface area contributed by atoms with Gasteiger partial charge in [0, 0.05) is 66.3 Å². The van der Waals surface area contributed by atoms with Gasteiger partial charge in [0.1, 0.15) is 5.69 Å². The third-order valence-corrected chi connectivity index (χ3v) is 8.70. The quantitative estimate of drug-likeness (QED) is 0.247. The lowest BCUT2D eigenvalue weighted by molar-refractivity contribution is -0.117. The fourth-order valence-corrected chi connectivity index (χ4v) is 6.38. The Bertz CT molecular complexity index is 1690. The zero-order valence-electron chi connectivity index (χ0n) is 23.5. The monoisotopic (exact) mass is 548 g/mol. The third-order valence-electron chi connectivity index (χ3n) is 8.70. The number of piperazine rings is 1. The predicted octanol–water partition coefficient (Wildman–Crippen LogP) is 5.83. The van der Waals surface area contributed by atoms with Crippen LogP contribution in [0.5, 0.6) is 0 Å². The van der Waals surface area contributed by atoms with Gasteiger partial charge in [0.25, 0.3) is 0 Å². The molecule has 4 aromatic heterocycles. The fourth-order valence-electron chi connectivity index (χ4n) is 6.38. The number of nitrogens with zero attached hydrogens (tertiary/aromatic N) is 5. The number of amides is 1. The first-order valence-electron chi connectivity index (χ1n) is 14.8. The first-order valence-corrected chi connectivity index (χ1v) is 14.8. The zero-order chi connectivity index (χ0) is 27.8. The lowest BCUT2D eigenvalue weighted by atomic mass is 9.87. The van der Waals surface area contributed by atoms with Gasteiger partial charge in [-0.3, -0.25) is 19.9 Å². The van der Waals surface area contributed by atoms with Gasteiger partial charge < -0.3 is 20.1 Å². The second-order valence-corrected chi connectivity index (χ2v) is 11.6. The van der Waals surface area contributed by atoms with Crippen molar-refractivity contribution in [2.45, 2.75) is 38.5 Å². The maximum Gasteiger partial charge on any atom is 0.224 e.